The molecule has 1 aromatic heterocycles. The van der Waals surface area contributed by atoms with Gasteiger partial charge in [-0.1, -0.05) is 15.9 Å². The van der Waals surface area contributed by atoms with Crippen LogP contribution >= 0.6 is 15.9 Å². The third kappa shape index (κ3) is 3.49. The summed E-state index contributed by atoms with van der Waals surface area (Å²) in [6.45, 7) is 5.99. The van der Waals surface area contributed by atoms with Gasteiger partial charge in [-0.15, -0.1) is 0 Å². The average molecular weight is 467 g/mol. The number of nitrogens with zero attached hydrogens (tertiary/aromatic N) is 2. The highest BCUT2D eigenvalue weighted by Gasteiger charge is 2.41. The number of aryl methyl sites for hydroxylation is 1. The summed E-state index contributed by atoms with van der Waals surface area (Å²) in [5.74, 6) is 3.44. The van der Waals surface area contributed by atoms with Crippen molar-refractivity contribution in [3.05, 3.63) is 81.7 Å². The van der Waals surface area contributed by atoms with Gasteiger partial charge in [-0.3, -0.25) is 0 Å². The van der Waals surface area contributed by atoms with Gasteiger partial charge in [0, 0.05) is 22.0 Å². The van der Waals surface area contributed by atoms with Crippen molar-refractivity contribution in [2.45, 2.75) is 45.6 Å². The van der Waals surface area contributed by atoms with Gasteiger partial charge >= 0.3 is 0 Å². The highest BCUT2D eigenvalue weighted by atomic mass is 79.9. The summed E-state index contributed by atoms with van der Waals surface area (Å²) < 4.78 is 19.1. The molecule has 0 radical (unpaired) electrons. The molecule has 5 nitrogen and oxygen atoms in total. The van der Waals surface area contributed by atoms with Gasteiger partial charge in [-0.05, 0) is 75.4 Å². The topological polar surface area (TPSA) is 47.2 Å². The lowest BCUT2D eigenvalue weighted by Gasteiger charge is -2.38. The number of halogens is 1. The molecule has 0 saturated heterocycles. The Morgan fingerprint density at radius 1 is 1.10 bits per heavy atom. The average Bonchev–Trinajstić information content (AvgIpc) is 3.34. The fourth-order valence-electron chi connectivity index (χ4n) is 4.00. The highest BCUT2D eigenvalue weighted by Crippen LogP contribution is 2.48. The smallest absolute Gasteiger partial charge is 0.213 e. The number of furan rings is 1. The molecule has 6 heteroatoms. The van der Waals surface area contributed by atoms with Crippen LogP contribution in [0.4, 0.5) is 0 Å². The number of ether oxygens (including phenoxy) is 2. The number of benzene rings is 2. The first kappa shape index (κ1) is 19.2. The van der Waals surface area contributed by atoms with Gasteiger partial charge in [-0.2, -0.15) is 5.10 Å². The Hall–Kier alpha value is -2.73. The molecular weight excluding hydrogens is 444 g/mol. The zero-order valence-electron chi connectivity index (χ0n) is 17.1. The van der Waals surface area contributed by atoms with E-state index in [1.165, 1.54) is 0 Å². The zero-order chi connectivity index (χ0) is 20.8. The number of rotatable bonds is 4. The number of hydrogen-bond acceptors (Lipinski definition) is 5. The summed E-state index contributed by atoms with van der Waals surface area (Å²) in [5.41, 5.74) is 3.10. The van der Waals surface area contributed by atoms with Gasteiger partial charge in [0.15, 0.2) is 0 Å². The van der Waals surface area contributed by atoms with Gasteiger partial charge < -0.3 is 13.9 Å². The Balaban J connectivity index is 1.53. The van der Waals surface area contributed by atoms with Gasteiger partial charge in [0.25, 0.3) is 0 Å². The van der Waals surface area contributed by atoms with E-state index in [-0.39, 0.29) is 18.4 Å². The van der Waals surface area contributed by atoms with Crippen LogP contribution in [0.25, 0.3) is 0 Å². The van der Waals surface area contributed by atoms with Crippen molar-refractivity contribution >= 4 is 21.6 Å². The Labute approximate surface area is 184 Å². The van der Waals surface area contributed by atoms with E-state index in [0.717, 1.165) is 50.8 Å². The molecule has 0 N–H and O–H groups in total. The fraction of sp³-hybridized carbons (Fsp3) is 0.292. The maximum Gasteiger partial charge on any atom is 0.213 e. The molecule has 0 fully saturated rings. The van der Waals surface area contributed by atoms with Crippen LogP contribution in [0, 0.1) is 6.92 Å². The van der Waals surface area contributed by atoms with E-state index < -0.39 is 0 Å². The first-order valence-corrected chi connectivity index (χ1v) is 10.9. The molecule has 0 unspecified atom stereocenters. The lowest BCUT2D eigenvalue weighted by atomic mass is 9.97. The van der Waals surface area contributed by atoms with E-state index in [1.807, 2.05) is 69.3 Å². The first-order valence-electron chi connectivity index (χ1n) is 10.1. The number of hydrogen-bond donors (Lipinski definition) is 0. The SMILES string of the molecule is Cc1ccc(C2=NN3[C@H](C2)c2cc(Br)ccc2O[C@H]3c2ccc(OC(C)C)cc2)o1. The van der Waals surface area contributed by atoms with Crippen LogP contribution < -0.4 is 9.47 Å². The molecule has 30 heavy (non-hydrogen) atoms. The van der Waals surface area contributed by atoms with Gasteiger partial charge in [0.05, 0.1) is 12.1 Å². The minimum absolute atomic E-state index is 0.0863. The highest BCUT2D eigenvalue weighted by molar-refractivity contribution is 9.10. The van der Waals surface area contributed by atoms with E-state index in [0.29, 0.717) is 0 Å². The summed E-state index contributed by atoms with van der Waals surface area (Å²) in [4.78, 5) is 0. The standard InChI is InChI=1S/C24H23BrN2O3/c1-14(2)28-18-8-5-16(6-9-18)24-27-21(19-12-17(25)7-11-22(19)30-24)13-20(26-27)23-10-4-15(3)29-23/h4-12,14,21,24H,13H2,1-3H3/t21-,24+/m1/s1. The van der Waals surface area contributed by atoms with Crippen LogP contribution in [0.2, 0.25) is 0 Å². The van der Waals surface area contributed by atoms with Crippen LogP contribution in [0.5, 0.6) is 11.5 Å². The van der Waals surface area contributed by atoms with Crippen molar-refractivity contribution in [2.24, 2.45) is 5.10 Å². The van der Waals surface area contributed by atoms with Crippen molar-refractivity contribution in [3.8, 4) is 11.5 Å². The second-order valence-electron chi connectivity index (χ2n) is 7.94. The van der Waals surface area contributed by atoms with Crippen molar-refractivity contribution in [1.29, 1.82) is 0 Å². The molecule has 2 aliphatic rings. The van der Waals surface area contributed by atoms with Crippen molar-refractivity contribution < 1.29 is 13.9 Å². The van der Waals surface area contributed by atoms with Crippen molar-refractivity contribution in [2.75, 3.05) is 0 Å². The molecule has 0 amide bonds. The summed E-state index contributed by atoms with van der Waals surface area (Å²) >= 11 is 3.59. The quantitative estimate of drug-likeness (QED) is 0.447. The molecule has 2 aromatic carbocycles. The Morgan fingerprint density at radius 3 is 2.60 bits per heavy atom. The normalized spacial score (nSPS) is 19.9. The number of fused-ring (bicyclic) bond motifs is 3. The van der Waals surface area contributed by atoms with Crippen molar-refractivity contribution in [3.63, 3.8) is 0 Å². The lowest BCUT2D eigenvalue weighted by molar-refractivity contribution is -0.0191. The number of hydrazone groups is 1. The van der Waals surface area contributed by atoms with Crippen LogP contribution in [-0.2, 0) is 0 Å². The lowest BCUT2D eigenvalue weighted by Crippen LogP contribution is -2.33. The van der Waals surface area contributed by atoms with Gasteiger partial charge in [0.1, 0.15) is 28.7 Å². The van der Waals surface area contributed by atoms with Crippen LogP contribution in [0.15, 0.2) is 68.6 Å². The minimum atomic E-state index is -0.315. The molecular formula is C24H23BrN2O3. The van der Waals surface area contributed by atoms with E-state index in [4.69, 9.17) is 19.0 Å². The van der Waals surface area contributed by atoms with E-state index in [1.54, 1.807) is 0 Å². The molecule has 154 valence electrons. The molecule has 0 saturated carbocycles. The third-order valence-electron chi connectivity index (χ3n) is 5.31. The molecule has 0 bridgehead atoms. The van der Waals surface area contributed by atoms with Crippen molar-refractivity contribution in [1.82, 2.24) is 5.01 Å². The molecule has 3 aromatic rings. The summed E-state index contributed by atoms with van der Waals surface area (Å²) in [6, 6.07) is 18.3. The van der Waals surface area contributed by atoms with Crippen LogP contribution in [-0.4, -0.2) is 16.8 Å². The summed E-state index contributed by atoms with van der Waals surface area (Å²) in [6.07, 6.45) is 0.592. The Kier molecular flexibility index (Phi) is 4.82. The maximum absolute atomic E-state index is 6.42. The monoisotopic (exact) mass is 466 g/mol. The molecule has 0 spiro atoms. The van der Waals surface area contributed by atoms with Gasteiger partial charge in [0.2, 0.25) is 6.23 Å². The summed E-state index contributed by atoms with van der Waals surface area (Å²) in [7, 11) is 0. The first-order chi connectivity index (χ1) is 14.5. The maximum atomic E-state index is 6.42. The molecule has 2 atom stereocenters. The van der Waals surface area contributed by atoms with E-state index >= 15 is 0 Å². The molecule has 2 aliphatic heterocycles. The van der Waals surface area contributed by atoms with Crippen LogP contribution in [0.3, 0.4) is 0 Å². The molecule has 0 aliphatic carbocycles. The van der Waals surface area contributed by atoms with E-state index in [9.17, 15) is 0 Å². The summed E-state index contributed by atoms with van der Waals surface area (Å²) in [5, 5.41) is 6.99. The third-order valence-corrected chi connectivity index (χ3v) is 5.81. The predicted molar refractivity (Wildman–Crippen MR) is 119 cm³/mol. The predicted octanol–water partition coefficient (Wildman–Crippen LogP) is 6.38. The molecule has 5 rings (SSSR count). The Morgan fingerprint density at radius 2 is 1.90 bits per heavy atom. The molecule has 3 heterocycles. The van der Waals surface area contributed by atoms with Crippen LogP contribution in [0.1, 0.15) is 55.2 Å². The zero-order valence-corrected chi connectivity index (χ0v) is 18.7. The largest absolute Gasteiger partial charge is 0.491 e. The second-order valence-corrected chi connectivity index (χ2v) is 8.86. The van der Waals surface area contributed by atoms with E-state index in [2.05, 4.69) is 27.0 Å². The minimum Gasteiger partial charge on any atom is -0.491 e. The van der Waals surface area contributed by atoms with Gasteiger partial charge in [-0.25, -0.2) is 5.01 Å². The fourth-order valence-corrected chi connectivity index (χ4v) is 4.38. The Bertz CT molecular complexity index is 1100. The second kappa shape index (κ2) is 7.51.